The van der Waals surface area contributed by atoms with Crippen molar-refractivity contribution in [1.29, 1.82) is 0 Å². The highest BCUT2D eigenvalue weighted by Gasteiger charge is 2.09. The van der Waals surface area contributed by atoms with Crippen LogP contribution >= 0.6 is 11.8 Å². The molecule has 3 aromatic rings. The van der Waals surface area contributed by atoms with Gasteiger partial charge in [0.25, 0.3) is 0 Å². The fourth-order valence-electron chi connectivity index (χ4n) is 2.43. The van der Waals surface area contributed by atoms with Crippen molar-refractivity contribution in [3.8, 4) is 5.75 Å². The number of fused-ring (bicyclic) bond motifs is 1. The van der Waals surface area contributed by atoms with Crippen molar-refractivity contribution in [3.63, 3.8) is 0 Å². The molecule has 0 fully saturated rings. The van der Waals surface area contributed by atoms with Crippen molar-refractivity contribution < 1.29 is 9.53 Å². The molecule has 0 aliphatic carbocycles. The van der Waals surface area contributed by atoms with Crippen LogP contribution in [0.4, 0.5) is 5.69 Å². The molecule has 2 aromatic carbocycles. The maximum atomic E-state index is 12.2. The third-order valence-electron chi connectivity index (χ3n) is 3.68. The summed E-state index contributed by atoms with van der Waals surface area (Å²) in [6, 6.07) is 13.5. The topological polar surface area (TPSA) is 67.0 Å². The molecule has 3 rings (SSSR count). The fraction of sp³-hybridized carbons (Fsp3) is 0.222. The van der Waals surface area contributed by atoms with Crippen molar-refractivity contribution in [2.24, 2.45) is 0 Å². The van der Waals surface area contributed by atoms with E-state index in [4.69, 9.17) is 4.74 Å². The van der Waals surface area contributed by atoms with Crippen LogP contribution in [0.15, 0.2) is 47.6 Å². The van der Waals surface area contributed by atoms with Crippen LogP contribution in [0.25, 0.3) is 11.0 Å². The van der Waals surface area contributed by atoms with E-state index in [0.29, 0.717) is 5.75 Å². The molecular formula is C18H19N3O2S. The number of hydrogen-bond donors (Lipinski definition) is 2. The Morgan fingerprint density at radius 2 is 2.12 bits per heavy atom. The van der Waals surface area contributed by atoms with E-state index in [1.807, 2.05) is 42.5 Å². The highest BCUT2D eigenvalue weighted by atomic mass is 32.2. The molecule has 1 heterocycles. The molecular weight excluding hydrogens is 322 g/mol. The summed E-state index contributed by atoms with van der Waals surface area (Å²) in [6.45, 7) is 2.07. The van der Waals surface area contributed by atoms with Crippen molar-refractivity contribution in [3.05, 3.63) is 48.0 Å². The monoisotopic (exact) mass is 341 g/mol. The lowest BCUT2D eigenvalue weighted by molar-refractivity contribution is -0.113. The zero-order chi connectivity index (χ0) is 16.9. The predicted molar refractivity (Wildman–Crippen MR) is 97.8 cm³/mol. The average Bonchev–Trinajstić information content (AvgIpc) is 3.02. The lowest BCUT2D eigenvalue weighted by Crippen LogP contribution is -2.15. The summed E-state index contributed by atoms with van der Waals surface area (Å²) in [5.41, 5.74) is 3.76. The molecule has 1 aromatic heterocycles. The first-order chi connectivity index (χ1) is 11.7. The number of imidazole rings is 1. The van der Waals surface area contributed by atoms with Gasteiger partial charge in [0.15, 0.2) is 5.16 Å². The number of nitrogens with zero attached hydrogens (tertiary/aromatic N) is 1. The zero-order valence-electron chi connectivity index (χ0n) is 13.6. The molecule has 0 atom stereocenters. The second kappa shape index (κ2) is 7.40. The Kier molecular flexibility index (Phi) is 5.05. The minimum absolute atomic E-state index is 0.0427. The summed E-state index contributed by atoms with van der Waals surface area (Å²) in [6.07, 6.45) is 0.884. The van der Waals surface area contributed by atoms with Gasteiger partial charge in [-0.3, -0.25) is 4.79 Å². The molecule has 2 N–H and O–H groups in total. The third kappa shape index (κ3) is 3.71. The number of nitrogens with one attached hydrogen (secondary N) is 2. The molecule has 0 bridgehead atoms. The van der Waals surface area contributed by atoms with E-state index in [-0.39, 0.29) is 5.91 Å². The summed E-state index contributed by atoms with van der Waals surface area (Å²) < 4.78 is 5.20. The molecule has 0 spiro atoms. The first-order valence-electron chi connectivity index (χ1n) is 7.74. The number of methoxy groups -OCH3 is 1. The van der Waals surface area contributed by atoms with Crippen molar-refractivity contribution in [2.75, 3.05) is 18.2 Å². The number of H-pyrrole nitrogens is 1. The first kappa shape index (κ1) is 16.4. The van der Waals surface area contributed by atoms with Crippen LogP contribution in [0.2, 0.25) is 0 Å². The van der Waals surface area contributed by atoms with Gasteiger partial charge in [-0.05, 0) is 30.2 Å². The van der Waals surface area contributed by atoms with Gasteiger partial charge in [0.05, 0.1) is 23.9 Å². The normalized spacial score (nSPS) is 10.8. The number of aromatic nitrogens is 2. The number of aromatic amines is 1. The van der Waals surface area contributed by atoms with Gasteiger partial charge in [0.1, 0.15) is 5.75 Å². The molecule has 24 heavy (non-hydrogen) atoms. The number of ether oxygens (including phenoxy) is 1. The molecule has 0 saturated carbocycles. The molecule has 1 amide bonds. The van der Waals surface area contributed by atoms with E-state index in [1.54, 1.807) is 7.11 Å². The molecule has 0 saturated heterocycles. The Balaban J connectivity index is 1.63. The summed E-state index contributed by atoms with van der Waals surface area (Å²) in [5, 5.41) is 3.68. The van der Waals surface area contributed by atoms with Crippen molar-refractivity contribution in [2.45, 2.75) is 18.5 Å². The molecule has 124 valence electrons. The molecule has 0 aliphatic heterocycles. The van der Waals surface area contributed by atoms with Crippen LogP contribution in [-0.2, 0) is 11.2 Å². The number of aryl methyl sites for hydroxylation is 1. The SMILES string of the molecule is CCc1ccccc1NC(=O)CSc1nc2ccc(OC)cc2[nH]1. The number of rotatable bonds is 6. The van der Waals surface area contributed by atoms with Gasteiger partial charge in [-0.25, -0.2) is 4.98 Å². The number of carbonyl (C=O) groups is 1. The number of anilines is 1. The Morgan fingerprint density at radius 3 is 2.92 bits per heavy atom. The molecule has 0 unspecified atom stereocenters. The highest BCUT2D eigenvalue weighted by molar-refractivity contribution is 7.99. The molecule has 0 radical (unpaired) electrons. The number of para-hydroxylation sites is 1. The summed E-state index contributed by atoms with van der Waals surface area (Å²) in [4.78, 5) is 19.9. The molecule has 5 nitrogen and oxygen atoms in total. The summed E-state index contributed by atoms with van der Waals surface area (Å²) in [5.74, 6) is 1.03. The van der Waals surface area contributed by atoms with Gasteiger partial charge >= 0.3 is 0 Å². The second-order valence-electron chi connectivity index (χ2n) is 5.27. The Bertz CT molecular complexity index is 860. The predicted octanol–water partition coefficient (Wildman–Crippen LogP) is 3.86. The Morgan fingerprint density at radius 1 is 1.29 bits per heavy atom. The van der Waals surface area contributed by atoms with Gasteiger partial charge in [0, 0.05) is 11.8 Å². The van der Waals surface area contributed by atoms with E-state index in [2.05, 4.69) is 22.2 Å². The molecule has 6 heteroatoms. The largest absolute Gasteiger partial charge is 0.497 e. The quantitative estimate of drug-likeness (QED) is 0.668. The lowest BCUT2D eigenvalue weighted by Gasteiger charge is -2.08. The van der Waals surface area contributed by atoms with Gasteiger partial charge < -0.3 is 15.0 Å². The fourth-order valence-corrected chi connectivity index (χ4v) is 3.12. The minimum Gasteiger partial charge on any atom is -0.497 e. The van der Waals surface area contributed by atoms with E-state index in [0.717, 1.165) is 39.6 Å². The Hall–Kier alpha value is -2.47. The molecule has 0 aliphatic rings. The summed E-state index contributed by atoms with van der Waals surface area (Å²) in [7, 11) is 1.63. The van der Waals surface area contributed by atoms with Gasteiger partial charge in [-0.1, -0.05) is 36.9 Å². The minimum atomic E-state index is -0.0427. The number of hydrogen-bond acceptors (Lipinski definition) is 4. The van der Waals surface area contributed by atoms with Crippen molar-refractivity contribution in [1.82, 2.24) is 9.97 Å². The van der Waals surface area contributed by atoms with Crippen molar-refractivity contribution >= 4 is 34.4 Å². The van der Waals surface area contributed by atoms with E-state index in [1.165, 1.54) is 11.8 Å². The lowest BCUT2D eigenvalue weighted by atomic mass is 10.1. The number of benzene rings is 2. The maximum absolute atomic E-state index is 12.2. The Labute approximate surface area is 144 Å². The second-order valence-corrected chi connectivity index (χ2v) is 6.24. The highest BCUT2D eigenvalue weighted by Crippen LogP contribution is 2.23. The number of amides is 1. The van der Waals surface area contributed by atoms with Crippen LogP contribution in [-0.4, -0.2) is 28.7 Å². The van der Waals surface area contributed by atoms with Crippen LogP contribution < -0.4 is 10.1 Å². The van der Waals surface area contributed by atoms with Gasteiger partial charge in [-0.15, -0.1) is 0 Å². The van der Waals surface area contributed by atoms with Gasteiger partial charge in [0.2, 0.25) is 5.91 Å². The smallest absolute Gasteiger partial charge is 0.234 e. The number of thioether (sulfide) groups is 1. The van der Waals surface area contributed by atoms with E-state index in [9.17, 15) is 4.79 Å². The average molecular weight is 341 g/mol. The third-order valence-corrected chi connectivity index (χ3v) is 4.55. The standard InChI is InChI=1S/C18H19N3O2S/c1-3-12-6-4-5-7-14(12)19-17(22)11-24-18-20-15-9-8-13(23-2)10-16(15)21-18/h4-10H,3,11H2,1-2H3,(H,19,22)(H,20,21). The van der Waals surface area contributed by atoms with Crippen LogP contribution in [0.1, 0.15) is 12.5 Å². The van der Waals surface area contributed by atoms with Crippen LogP contribution in [0, 0.1) is 0 Å². The first-order valence-corrected chi connectivity index (χ1v) is 8.72. The maximum Gasteiger partial charge on any atom is 0.234 e. The van der Waals surface area contributed by atoms with Crippen LogP contribution in [0.5, 0.6) is 5.75 Å². The van der Waals surface area contributed by atoms with E-state index < -0.39 is 0 Å². The van der Waals surface area contributed by atoms with Gasteiger partial charge in [-0.2, -0.15) is 0 Å². The summed E-state index contributed by atoms with van der Waals surface area (Å²) >= 11 is 1.38. The van der Waals surface area contributed by atoms with Crippen LogP contribution in [0.3, 0.4) is 0 Å². The van der Waals surface area contributed by atoms with E-state index >= 15 is 0 Å². The zero-order valence-corrected chi connectivity index (χ0v) is 14.4. The number of carbonyl (C=O) groups excluding carboxylic acids is 1.